The van der Waals surface area contributed by atoms with Gasteiger partial charge in [0, 0.05) is 17.2 Å². The van der Waals surface area contributed by atoms with Crippen molar-refractivity contribution < 1.29 is 9.13 Å². The molecule has 0 spiro atoms. The summed E-state index contributed by atoms with van der Waals surface area (Å²) >= 11 is 3.34. The molecule has 0 saturated carbocycles. The van der Waals surface area contributed by atoms with Crippen molar-refractivity contribution in [3.63, 3.8) is 0 Å². The molecule has 0 saturated heterocycles. The monoisotopic (exact) mass is 285 g/mol. The maximum atomic E-state index is 13.3. The van der Waals surface area contributed by atoms with Gasteiger partial charge in [-0.25, -0.2) is 4.39 Å². The van der Waals surface area contributed by atoms with E-state index >= 15 is 0 Å². The molecule has 1 heterocycles. The molecule has 0 amide bonds. The van der Waals surface area contributed by atoms with Crippen LogP contribution in [0.4, 0.5) is 10.2 Å². The average molecular weight is 286 g/mol. The number of ether oxygens (including phenoxy) is 1. The van der Waals surface area contributed by atoms with E-state index in [2.05, 4.69) is 26.1 Å². The number of nitrogens with two attached hydrogens (primary N) is 1. The van der Waals surface area contributed by atoms with Crippen LogP contribution in [0.3, 0.4) is 0 Å². The molecule has 84 valence electrons. The van der Waals surface area contributed by atoms with Crippen molar-refractivity contribution in [2.75, 3.05) is 12.8 Å². The molecule has 16 heavy (non-hydrogen) atoms. The van der Waals surface area contributed by atoms with Crippen LogP contribution in [0.25, 0.3) is 11.1 Å². The molecule has 6 heteroatoms. The molecule has 0 aliphatic heterocycles. The van der Waals surface area contributed by atoms with Gasteiger partial charge in [-0.2, -0.15) is 5.10 Å². The maximum Gasteiger partial charge on any atom is 0.136 e. The Labute approximate surface area is 99.7 Å². The quantitative estimate of drug-likeness (QED) is 0.891. The largest absolute Gasteiger partial charge is 0.495 e. The number of nitrogens with zero attached hydrogens (tertiary/aromatic N) is 1. The van der Waals surface area contributed by atoms with Crippen molar-refractivity contribution in [2.45, 2.75) is 0 Å². The van der Waals surface area contributed by atoms with Crippen LogP contribution in [0.5, 0.6) is 5.75 Å². The van der Waals surface area contributed by atoms with Crippen LogP contribution in [0, 0.1) is 5.82 Å². The number of aromatic amines is 1. The highest BCUT2D eigenvalue weighted by Gasteiger charge is 2.14. The Bertz CT molecular complexity index is 527. The zero-order valence-corrected chi connectivity index (χ0v) is 10.0. The molecule has 0 unspecified atom stereocenters. The fourth-order valence-electron chi connectivity index (χ4n) is 1.42. The van der Waals surface area contributed by atoms with Crippen LogP contribution in [-0.2, 0) is 0 Å². The van der Waals surface area contributed by atoms with Crippen molar-refractivity contribution in [1.29, 1.82) is 0 Å². The second-order valence-corrected chi connectivity index (χ2v) is 3.96. The number of hydrogen-bond acceptors (Lipinski definition) is 3. The first kappa shape index (κ1) is 10.9. The molecule has 0 bridgehead atoms. The fraction of sp³-hybridized carbons (Fsp3) is 0.100. The topological polar surface area (TPSA) is 63.9 Å². The van der Waals surface area contributed by atoms with Gasteiger partial charge in [0.25, 0.3) is 0 Å². The van der Waals surface area contributed by atoms with Crippen molar-refractivity contribution in [3.05, 3.63) is 28.6 Å². The van der Waals surface area contributed by atoms with Crippen LogP contribution in [-0.4, -0.2) is 17.3 Å². The number of nitrogen functional groups attached to an aromatic ring is 1. The van der Waals surface area contributed by atoms with Crippen LogP contribution >= 0.6 is 15.9 Å². The summed E-state index contributed by atoms with van der Waals surface area (Å²) in [6, 6.07) is 2.66. The predicted molar refractivity (Wildman–Crippen MR) is 62.6 cm³/mol. The highest BCUT2D eigenvalue weighted by molar-refractivity contribution is 9.10. The van der Waals surface area contributed by atoms with Crippen LogP contribution in [0.2, 0.25) is 0 Å². The number of aromatic nitrogens is 2. The smallest absolute Gasteiger partial charge is 0.136 e. The highest BCUT2D eigenvalue weighted by Crippen LogP contribution is 2.37. The summed E-state index contributed by atoms with van der Waals surface area (Å²) in [5.41, 5.74) is 6.91. The van der Waals surface area contributed by atoms with Crippen molar-refractivity contribution >= 4 is 21.7 Å². The first-order valence-electron chi connectivity index (χ1n) is 4.45. The van der Waals surface area contributed by atoms with E-state index in [9.17, 15) is 4.39 Å². The molecular weight excluding hydrogens is 277 g/mol. The summed E-state index contributed by atoms with van der Waals surface area (Å²) in [6.45, 7) is 0. The summed E-state index contributed by atoms with van der Waals surface area (Å²) in [5.74, 6) is 0.402. The lowest BCUT2D eigenvalue weighted by Crippen LogP contribution is -1.92. The third-order valence-electron chi connectivity index (χ3n) is 2.18. The molecule has 1 aromatic heterocycles. The summed E-state index contributed by atoms with van der Waals surface area (Å²) in [4.78, 5) is 0. The summed E-state index contributed by atoms with van der Waals surface area (Å²) in [6.07, 6.45) is 1.54. The fourth-order valence-corrected chi connectivity index (χ4v) is 2.02. The number of halogens is 2. The van der Waals surface area contributed by atoms with E-state index < -0.39 is 5.82 Å². The van der Waals surface area contributed by atoms with Gasteiger partial charge in [0.1, 0.15) is 17.4 Å². The van der Waals surface area contributed by atoms with Crippen LogP contribution in [0.15, 0.2) is 22.8 Å². The Kier molecular flexibility index (Phi) is 2.82. The molecule has 0 atom stereocenters. The zero-order chi connectivity index (χ0) is 11.7. The number of methoxy groups -OCH3 is 1. The molecule has 2 aromatic rings. The number of anilines is 1. The van der Waals surface area contributed by atoms with Gasteiger partial charge >= 0.3 is 0 Å². The van der Waals surface area contributed by atoms with E-state index in [1.54, 1.807) is 0 Å². The maximum absolute atomic E-state index is 13.3. The van der Waals surface area contributed by atoms with Crippen LogP contribution < -0.4 is 10.5 Å². The number of rotatable bonds is 2. The molecule has 0 radical (unpaired) electrons. The van der Waals surface area contributed by atoms with Crippen LogP contribution in [0.1, 0.15) is 0 Å². The first-order valence-corrected chi connectivity index (χ1v) is 5.25. The molecule has 2 rings (SSSR count). The third-order valence-corrected chi connectivity index (χ3v) is 3.00. The van der Waals surface area contributed by atoms with E-state index in [1.807, 2.05) is 0 Å². The van der Waals surface area contributed by atoms with E-state index in [1.165, 1.54) is 25.4 Å². The molecule has 0 fully saturated rings. The molecule has 0 aliphatic rings. The first-order chi connectivity index (χ1) is 7.63. The lowest BCUT2D eigenvalue weighted by atomic mass is 10.1. The second-order valence-electron chi connectivity index (χ2n) is 3.17. The van der Waals surface area contributed by atoms with Gasteiger partial charge in [-0.1, -0.05) is 0 Å². The minimum Gasteiger partial charge on any atom is -0.495 e. The molecule has 1 aromatic carbocycles. The average Bonchev–Trinajstić information content (AvgIpc) is 2.67. The Balaban J connectivity index is 2.65. The van der Waals surface area contributed by atoms with E-state index in [0.29, 0.717) is 27.2 Å². The molecule has 4 nitrogen and oxygen atoms in total. The van der Waals surface area contributed by atoms with Gasteiger partial charge in [0.15, 0.2) is 0 Å². The van der Waals surface area contributed by atoms with Crippen molar-refractivity contribution in [1.82, 2.24) is 10.2 Å². The normalized spacial score (nSPS) is 10.4. The minimum atomic E-state index is -0.393. The lowest BCUT2D eigenvalue weighted by molar-refractivity contribution is 0.409. The summed E-state index contributed by atoms with van der Waals surface area (Å²) < 4.78 is 19.0. The third kappa shape index (κ3) is 1.76. The predicted octanol–water partition coefficient (Wildman–Crippen LogP) is 2.57. The molecule has 0 aliphatic carbocycles. The van der Waals surface area contributed by atoms with E-state index in [0.717, 1.165) is 0 Å². The summed E-state index contributed by atoms with van der Waals surface area (Å²) in [7, 11) is 1.47. The lowest BCUT2D eigenvalue weighted by Gasteiger charge is -2.08. The van der Waals surface area contributed by atoms with Crippen molar-refractivity contribution in [3.8, 4) is 16.9 Å². The second kappa shape index (κ2) is 4.13. The van der Waals surface area contributed by atoms with Gasteiger partial charge in [-0.15, -0.1) is 0 Å². The zero-order valence-electron chi connectivity index (χ0n) is 8.42. The Morgan fingerprint density at radius 2 is 2.19 bits per heavy atom. The van der Waals surface area contributed by atoms with E-state index in [-0.39, 0.29) is 0 Å². The Hall–Kier alpha value is -1.56. The standard InChI is InChI=1S/C10H9BrFN3O/c1-16-8-3-5(12)2-6(9(8)11)7-4-14-15-10(7)13/h2-4H,1H3,(H3,13,14,15). The number of hydrogen-bond donors (Lipinski definition) is 2. The van der Waals surface area contributed by atoms with E-state index in [4.69, 9.17) is 10.5 Å². The van der Waals surface area contributed by atoms with Gasteiger partial charge < -0.3 is 10.5 Å². The van der Waals surface area contributed by atoms with Gasteiger partial charge in [-0.3, -0.25) is 5.10 Å². The van der Waals surface area contributed by atoms with Gasteiger partial charge in [0.05, 0.1) is 17.8 Å². The molecular formula is C10H9BrFN3O. The minimum absolute atomic E-state index is 0.383. The van der Waals surface area contributed by atoms with Gasteiger partial charge in [0.2, 0.25) is 0 Å². The number of H-pyrrole nitrogens is 1. The Morgan fingerprint density at radius 1 is 1.44 bits per heavy atom. The van der Waals surface area contributed by atoms with Gasteiger partial charge in [-0.05, 0) is 22.0 Å². The summed E-state index contributed by atoms with van der Waals surface area (Å²) in [5, 5.41) is 6.39. The van der Waals surface area contributed by atoms with Crippen molar-refractivity contribution in [2.24, 2.45) is 0 Å². The Morgan fingerprint density at radius 3 is 2.75 bits per heavy atom. The SMILES string of the molecule is COc1cc(F)cc(-c2cn[nH]c2N)c1Br. The molecule has 3 N–H and O–H groups in total. The highest BCUT2D eigenvalue weighted by atomic mass is 79.9. The number of benzene rings is 1. The number of nitrogens with one attached hydrogen (secondary N) is 1.